The van der Waals surface area contributed by atoms with Gasteiger partial charge in [-0.2, -0.15) is 8.42 Å². The van der Waals surface area contributed by atoms with Gasteiger partial charge >= 0.3 is 5.97 Å². The molecule has 8 heteroatoms. The number of carbonyl (C=O) groups is 1. The van der Waals surface area contributed by atoms with Crippen LogP contribution in [0.5, 0.6) is 5.75 Å². The summed E-state index contributed by atoms with van der Waals surface area (Å²) in [6.07, 6.45) is 0. The van der Waals surface area contributed by atoms with Crippen molar-refractivity contribution in [1.29, 1.82) is 0 Å². The van der Waals surface area contributed by atoms with Crippen LogP contribution in [0, 0.1) is 0 Å². The second-order valence-corrected chi connectivity index (χ2v) is 5.62. The number of carboxylic acid groups (broad SMARTS) is 1. The Bertz CT molecular complexity index is 713. The molecule has 0 saturated carbocycles. The van der Waals surface area contributed by atoms with E-state index in [4.69, 9.17) is 20.5 Å². The molecule has 0 fully saturated rings. The van der Waals surface area contributed by atoms with E-state index in [9.17, 15) is 13.2 Å². The van der Waals surface area contributed by atoms with Crippen LogP contribution in [0.3, 0.4) is 0 Å². The molecular weight excluding hydrogens is 310 g/mol. The zero-order valence-corrected chi connectivity index (χ0v) is 12.1. The predicted molar refractivity (Wildman–Crippen MR) is 78.9 cm³/mol. The third-order valence-corrected chi connectivity index (χ3v) is 3.43. The van der Waals surface area contributed by atoms with Crippen LogP contribution in [0.4, 0.5) is 0 Å². The molecular formula is C14H15NO6S. The van der Waals surface area contributed by atoms with E-state index in [-0.39, 0.29) is 10.6 Å². The molecule has 0 aliphatic heterocycles. The lowest BCUT2D eigenvalue weighted by Crippen LogP contribution is -2.20. The molecule has 2 rings (SSSR count). The van der Waals surface area contributed by atoms with E-state index in [2.05, 4.69) is 0 Å². The average molecular weight is 325 g/mol. The average Bonchev–Trinajstić information content (AvgIpc) is 2.48. The standard InChI is InChI=1S/C8H9NO3.C6H6O3S/c9-7(8(11)12)5-1-3-6(10)4-2-5;7-10(8,9)6-4-2-1-3-5-6/h1-4,7,10H,9H2,(H,11,12);1-5H,(H,7,8,9). The third-order valence-electron chi connectivity index (χ3n) is 2.56. The number of carboxylic acids is 1. The predicted octanol–water partition coefficient (Wildman–Crippen LogP) is 1.41. The van der Waals surface area contributed by atoms with E-state index in [1.807, 2.05) is 0 Å². The van der Waals surface area contributed by atoms with Gasteiger partial charge in [0.25, 0.3) is 10.1 Å². The van der Waals surface area contributed by atoms with Gasteiger partial charge in [-0.3, -0.25) is 9.35 Å². The lowest BCUT2D eigenvalue weighted by atomic mass is 10.1. The highest BCUT2D eigenvalue weighted by molar-refractivity contribution is 7.85. The lowest BCUT2D eigenvalue weighted by molar-refractivity contribution is -0.138. The molecule has 0 heterocycles. The number of aliphatic carboxylic acids is 1. The maximum absolute atomic E-state index is 10.4. The van der Waals surface area contributed by atoms with E-state index >= 15 is 0 Å². The third kappa shape index (κ3) is 5.52. The molecule has 5 N–H and O–H groups in total. The van der Waals surface area contributed by atoms with Crippen LogP contribution in [-0.2, 0) is 14.9 Å². The summed E-state index contributed by atoms with van der Waals surface area (Å²) >= 11 is 0. The summed E-state index contributed by atoms with van der Waals surface area (Å²) in [4.78, 5) is 10.3. The first-order valence-electron chi connectivity index (χ1n) is 6.01. The van der Waals surface area contributed by atoms with Gasteiger partial charge < -0.3 is 15.9 Å². The van der Waals surface area contributed by atoms with E-state index in [0.29, 0.717) is 5.56 Å². The van der Waals surface area contributed by atoms with Crippen LogP contribution in [0.1, 0.15) is 11.6 Å². The van der Waals surface area contributed by atoms with Crippen molar-refractivity contribution in [1.82, 2.24) is 0 Å². The first-order chi connectivity index (χ1) is 10.2. The molecule has 2 aromatic carbocycles. The summed E-state index contributed by atoms with van der Waals surface area (Å²) in [7, 11) is -4.00. The molecule has 0 saturated heterocycles. The number of aromatic hydroxyl groups is 1. The van der Waals surface area contributed by atoms with Crippen molar-refractivity contribution >= 4 is 16.1 Å². The van der Waals surface area contributed by atoms with E-state index < -0.39 is 22.1 Å². The first-order valence-corrected chi connectivity index (χ1v) is 7.45. The Balaban J connectivity index is 0.000000224. The molecule has 0 aliphatic rings. The molecule has 118 valence electrons. The number of hydrogen-bond acceptors (Lipinski definition) is 5. The molecule has 7 nitrogen and oxygen atoms in total. The fourth-order valence-corrected chi connectivity index (χ4v) is 1.92. The Morgan fingerprint density at radius 1 is 1.00 bits per heavy atom. The zero-order valence-electron chi connectivity index (χ0n) is 11.3. The highest BCUT2D eigenvalue weighted by atomic mass is 32.2. The minimum atomic E-state index is -4.00. The molecule has 1 unspecified atom stereocenters. The van der Waals surface area contributed by atoms with Crippen molar-refractivity contribution < 1.29 is 28.0 Å². The minimum absolute atomic E-state index is 0.0741. The molecule has 0 amide bonds. The van der Waals surface area contributed by atoms with Crippen LogP contribution >= 0.6 is 0 Å². The van der Waals surface area contributed by atoms with Crippen LogP contribution in [-0.4, -0.2) is 29.2 Å². The van der Waals surface area contributed by atoms with Gasteiger partial charge in [0, 0.05) is 0 Å². The van der Waals surface area contributed by atoms with Crippen molar-refractivity contribution in [2.75, 3.05) is 0 Å². The van der Waals surface area contributed by atoms with Gasteiger partial charge in [0.1, 0.15) is 11.8 Å². The summed E-state index contributed by atoms with van der Waals surface area (Å²) in [6.45, 7) is 0. The normalized spacial score (nSPS) is 11.9. The molecule has 22 heavy (non-hydrogen) atoms. The Kier molecular flexibility index (Phi) is 6.05. The van der Waals surface area contributed by atoms with Crippen molar-refractivity contribution in [3.05, 3.63) is 60.2 Å². The molecule has 0 aliphatic carbocycles. The SMILES string of the molecule is NC(C(=O)O)c1ccc(O)cc1.O=S(=O)(O)c1ccccc1. The fourth-order valence-electron chi connectivity index (χ4n) is 1.42. The maximum atomic E-state index is 10.4. The first kappa shape index (κ1) is 17.6. The smallest absolute Gasteiger partial charge is 0.325 e. The van der Waals surface area contributed by atoms with Crippen LogP contribution < -0.4 is 5.73 Å². The van der Waals surface area contributed by atoms with Crippen LogP contribution in [0.15, 0.2) is 59.5 Å². The Morgan fingerprint density at radius 2 is 1.50 bits per heavy atom. The molecule has 0 aromatic heterocycles. The van der Waals surface area contributed by atoms with E-state index in [1.165, 1.54) is 36.4 Å². The Hall–Kier alpha value is -2.42. The number of benzene rings is 2. The van der Waals surface area contributed by atoms with Gasteiger partial charge in [-0.1, -0.05) is 30.3 Å². The van der Waals surface area contributed by atoms with Gasteiger partial charge in [-0.25, -0.2) is 0 Å². The minimum Gasteiger partial charge on any atom is -0.508 e. The highest BCUT2D eigenvalue weighted by Gasteiger charge is 2.13. The second-order valence-electron chi connectivity index (χ2n) is 4.20. The van der Waals surface area contributed by atoms with Crippen molar-refractivity contribution in [3.63, 3.8) is 0 Å². The highest BCUT2D eigenvalue weighted by Crippen LogP contribution is 2.14. The molecule has 1 atom stereocenters. The summed E-state index contributed by atoms with van der Waals surface area (Å²) < 4.78 is 29.2. The Labute approximate surface area is 127 Å². The number of phenols is 1. The Morgan fingerprint density at radius 3 is 1.86 bits per heavy atom. The summed E-state index contributed by atoms with van der Waals surface area (Å²) in [5.41, 5.74) is 5.78. The zero-order chi connectivity index (χ0) is 16.8. The molecule has 0 bridgehead atoms. The van der Waals surface area contributed by atoms with Crippen molar-refractivity contribution in [2.45, 2.75) is 10.9 Å². The monoisotopic (exact) mass is 325 g/mol. The molecule has 0 radical (unpaired) electrons. The van der Waals surface area contributed by atoms with Crippen LogP contribution in [0.2, 0.25) is 0 Å². The molecule has 2 aromatic rings. The van der Waals surface area contributed by atoms with Crippen molar-refractivity contribution in [2.24, 2.45) is 5.73 Å². The number of nitrogens with two attached hydrogens (primary N) is 1. The fraction of sp³-hybridized carbons (Fsp3) is 0.0714. The number of rotatable bonds is 3. The largest absolute Gasteiger partial charge is 0.508 e. The summed E-state index contributed by atoms with van der Waals surface area (Å²) in [6, 6.07) is 12.2. The molecule has 0 spiro atoms. The van der Waals surface area contributed by atoms with E-state index in [0.717, 1.165) is 0 Å². The topological polar surface area (TPSA) is 138 Å². The van der Waals surface area contributed by atoms with Crippen LogP contribution in [0.25, 0.3) is 0 Å². The van der Waals surface area contributed by atoms with Gasteiger partial charge in [0.05, 0.1) is 4.90 Å². The van der Waals surface area contributed by atoms with E-state index in [1.54, 1.807) is 18.2 Å². The summed E-state index contributed by atoms with van der Waals surface area (Å²) in [5, 5.41) is 17.4. The van der Waals surface area contributed by atoms with Gasteiger partial charge in [-0.15, -0.1) is 0 Å². The lowest BCUT2D eigenvalue weighted by Gasteiger charge is -2.05. The van der Waals surface area contributed by atoms with Crippen molar-refractivity contribution in [3.8, 4) is 5.75 Å². The summed E-state index contributed by atoms with van der Waals surface area (Å²) in [5.74, 6) is -0.989. The van der Waals surface area contributed by atoms with Gasteiger partial charge in [0.15, 0.2) is 0 Å². The van der Waals surface area contributed by atoms with Gasteiger partial charge in [0.2, 0.25) is 0 Å². The quantitative estimate of drug-likeness (QED) is 0.626. The second kappa shape index (κ2) is 7.55. The maximum Gasteiger partial charge on any atom is 0.325 e. The van der Waals surface area contributed by atoms with Gasteiger partial charge in [-0.05, 0) is 29.8 Å². The number of phenolic OH excluding ortho intramolecular Hbond substituents is 1. The number of hydrogen-bond donors (Lipinski definition) is 4.